The maximum atomic E-state index is 12.1. The SMILES string of the molecule is Cc1cc(O)c(C(CP(=O)(O)O)c2c(O)cc(C)oc2=O)c(=O)o1. The van der Waals surface area contributed by atoms with E-state index in [1.165, 1.54) is 13.8 Å². The molecular weight excluding hydrogens is 343 g/mol. The molecule has 0 unspecified atom stereocenters. The first kappa shape index (κ1) is 18.0. The molecule has 4 N–H and O–H groups in total. The summed E-state index contributed by atoms with van der Waals surface area (Å²) in [4.78, 5) is 42.6. The van der Waals surface area contributed by atoms with E-state index >= 15 is 0 Å². The van der Waals surface area contributed by atoms with Gasteiger partial charge in [-0.15, -0.1) is 0 Å². The lowest BCUT2D eigenvalue weighted by Gasteiger charge is -2.18. The van der Waals surface area contributed by atoms with Crippen molar-refractivity contribution in [1.82, 2.24) is 0 Å². The summed E-state index contributed by atoms with van der Waals surface area (Å²) >= 11 is 0. The van der Waals surface area contributed by atoms with Crippen LogP contribution in [0.2, 0.25) is 0 Å². The van der Waals surface area contributed by atoms with E-state index < -0.39 is 53.6 Å². The standard InChI is InChI=1S/C14H15O9P/c1-6-3-9(15)11(13(17)22-6)8(5-24(19,20)21)12-10(16)4-7(2)23-14(12)18/h3-4,8,15-16H,5H2,1-2H3,(H2,19,20,21). The van der Waals surface area contributed by atoms with E-state index in [0.717, 1.165) is 12.1 Å². The van der Waals surface area contributed by atoms with Crippen LogP contribution in [0, 0.1) is 13.8 Å². The Morgan fingerprint density at radius 3 is 1.62 bits per heavy atom. The molecule has 0 bridgehead atoms. The minimum atomic E-state index is -4.74. The van der Waals surface area contributed by atoms with Gasteiger partial charge in [0.05, 0.1) is 17.3 Å². The monoisotopic (exact) mass is 358 g/mol. The molecule has 24 heavy (non-hydrogen) atoms. The van der Waals surface area contributed by atoms with Crippen molar-refractivity contribution < 1.29 is 33.4 Å². The Bertz CT molecular complexity index is 869. The lowest BCUT2D eigenvalue weighted by molar-refractivity contribution is 0.365. The van der Waals surface area contributed by atoms with Crippen LogP contribution in [-0.2, 0) is 4.57 Å². The molecule has 0 aromatic carbocycles. The number of aromatic hydroxyl groups is 2. The van der Waals surface area contributed by atoms with E-state index in [-0.39, 0.29) is 11.5 Å². The molecule has 2 aromatic rings. The van der Waals surface area contributed by atoms with E-state index in [4.69, 9.17) is 8.83 Å². The Balaban J connectivity index is 2.80. The van der Waals surface area contributed by atoms with E-state index in [1.54, 1.807) is 0 Å². The second kappa shape index (κ2) is 6.27. The highest BCUT2D eigenvalue weighted by Gasteiger charge is 2.34. The third-order valence-corrected chi connectivity index (χ3v) is 4.14. The Kier molecular flexibility index (Phi) is 4.70. The predicted molar refractivity (Wildman–Crippen MR) is 81.5 cm³/mol. The molecule has 10 heteroatoms. The third-order valence-electron chi connectivity index (χ3n) is 3.30. The molecule has 0 radical (unpaired) electrons. The van der Waals surface area contributed by atoms with Gasteiger partial charge in [0.15, 0.2) is 0 Å². The molecule has 0 aliphatic carbocycles. The quantitative estimate of drug-likeness (QED) is 0.583. The normalized spacial score (nSPS) is 11.9. The summed E-state index contributed by atoms with van der Waals surface area (Å²) in [5, 5.41) is 20.0. The van der Waals surface area contributed by atoms with Crippen molar-refractivity contribution in [2.45, 2.75) is 19.8 Å². The average Bonchev–Trinajstić information content (AvgIpc) is 2.33. The van der Waals surface area contributed by atoms with Crippen LogP contribution in [0.3, 0.4) is 0 Å². The van der Waals surface area contributed by atoms with Crippen LogP contribution in [0.5, 0.6) is 11.5 Å². The summed E-state index contributed by atoms with van der Waals surface area (Å²) in [6.07, 6.45) is -1.00. The fourth-order valence-corrected chi connectivity index (χ4v) is 3.26. The molecule has 9 nitrogen and oxygen atoms in total. The molecule has 130 valence electrons. The Morgan fingerprint density at radius 1 is 0.958 bits per heavy atom. The molecule has 0 amide bonds. The molecule has 0 saturated carbocycles. The molecule has 0 aliphatic heterocycles. The minimum absolute atomic E-state index is 0.0661. The number of hydrogen-bond donors (Lipinski definition) is 4. The topological polar surface area (TPSA) is 158 Å². The molecule has 2 rings (SSSR count). The Labute approximate surface area is 135 Å². The van der Waals surface area contributed by atoms with Crippen molar-refractivity contribution in [3.8, 4) is 11.5 Å². The van der Waals surface area contributed by atoms with Gasteiger partial charge in [-0.1, -0.05) is 0 Å². The van der Waals surface area contributed by atoms with Crippen molar-refractivity contribution in [2.75, 3.05) is 6.16 Å². The highest BCUT2D eigenvalue weighted by Crippen LogP contribution is 2.44. The minimum Gasteiger partial charge on any atom is -0.507 e. The summed E-state index contributed by atoms with van der Waals surface area (Å²) in [7, 11) is -4.74. The number of rotatable bonds is 4. The molecular formula is C14H15O9P. The van der Waals surface area contributed by atoms with Gasteiger partial charge in [-0.05, 0) is 13.8 Å². The maximum Gasteiger partial charge on any atom is 0.343 e. The smallest absolute Gasteiger partial charge is 0.343 e. The molecule has 0 atom stereocenters. The van der Waals surface area contributed by atoms with Crippen molar-refractivity contribution in [3.63, 3.8) is 0 Å². The third kappa shape index (κ3) is 3.76. The van der Waals surface area contributed by atoms with Crippen LogP contribution in [0.4, 0.5) is 0 Å². The Morgan fingerprint density at radius 2 is 1.33 bits per heavy atom. The van der Waals surface area contributed by atoms with Crippen molar-refractivity contribution in [3.05, 3.63) is 55.6 Å². The first-order valence-electron chi connectivity index (χ1n) is 6.71. The second-order valence-electron chi connectivity index (χ2n) is 5.29. The second-order valence-corrected chi connectivity index (χ2v) is 6.98. The zero-order valence-electron chi connectivity index (χ0n) is 12.7. The Hall–Kier alpha value is -2.35. The maximum absolute atomic E-state index is 12.1. The first-order chi connectivity index (χ1) is 11.0. The van der Waals surface area contributed by atoms with Gasteiger partial charge in [-0.25, -0.2) is 9.59 Å². The molecule has 0 fully saturated rings. The van der Waals surface area contributed by atoms with Crippen LogP contribution in [0.1, 0.15) is 28.6 Å². The summed E-state index contributed by atoms with van der Waals surface area (Å²) in [5.74, 6) is -2.70. The van der Waals surface area contributed by atoms with Crippen LogP contribution in [0.15, 0.2) is 30.6 Å². The van der Waals surface area contributed by atoms with Crippen LogP contribution in [0.25, 0.3) is 0 Å². The van der Waals surface area contributed by atoms with Crippen LogP contribution in [-0.4, -0.2) is 26.2 Å². The van der Waals surface area contributed by atoms with Gasteiger partial charge >= 0.3 is 18.8 Å². The molecule has 0 aliphatic rings. The van der Waals surface area contributed by atoms with Crippen molar-refractivity contribution in [1.29, 1.82) is 0 Å². The zero-order chi connectivity index (χ0) is 18.2. The molecule has 0 spiro atoms. The van der Waals surface area contributed by atoms with Gasteiger partial charge in [0, 0.05) is 18.1 Å². The van der Waals surface area contributed by atoms with E-state index in [2.05, 4.69) is 0 Å². The van der Waals surface area contributed by atoms with Crippen molar-refractivity contribution in [2.24, 2.45) is 0 Å². The van der Waals surface area contributed by atoms with Crippen LogP contribution >= 0.6 is 7.60 Å². The van der Waals surface area contributed by atoms with Gasteiger partial charge in [-0.2, -0.15) is 0 Å². The van der Waals surface area contributed by atoms with Gasteiger partial charge in [0.1, 0.15) is 23.0 Å². The molecule has 2 aromatic heterocycles. The van der Waals surface area contributed by atoms with Crippen LogP contribution < -0.4 is 11.3 Å². The fourth-order valence-electron chi connectivity index (χ4n) is 2.42. The van der Waals surface area contributed by atoms with Gasteiger partial charge < -0.3 is 28.8 Å². The zero-order valence-corrected chi connectivity index (χ0v) is 13.6. The summed E-state index contributed by atoms with van der Waals surface area (Å²) in [5.41, 5.74) is -3.25. The van der Waals surface area contributed by atoms with E-state index in [0.29, 0.717) is 0 Å². The van der Waals surface area contributed by atoms with Gasteiger partial charge in [0.25, 0.3) is 0 Å². The summed E-state index contributed by atoms with van der Waals surface area (Å²) < 4.78 is 21.1. The van der Waals surface area contributed by atoms with Crippen molar-refractivity contribution >= 4 is 7.60 Å². The van der Waals surface area contributed by atoms with Gasteiger partial charge in [0.2, 0.25) is 0 Å². The molecule has 2 heterocycles. The highest BCUT2D eigenvalue weighted by molar-refractivity contribution is 7.51. The van der Waals surface area contributed by atoms with E-state index in [9.17, 15) is 34.2 Å². The largest absolute Gasteiger partial charge is 0.507 e. The lowest BCUT2D eigenvalue weighted by Crippen LogP contribution is -2.23. The predicted octanol–water partition coefficient (Wildman–Crippen LogP) is 0.931. The van der Waals surface area contributed by atoms with Gasteiger partial charge in [-0.3, -0.25) is 4.57 Å². The summed E-state index contributed by atoms with van der Waals surface area (Å²) in [6.45, 7) is 2.78. The lowest BCUT2D eigenvalue weighted by atomic mass is 9.94. The molecule has 0 saturated heterocycles. The fraction of sp³-hybridized carbons (Fsp3) is 0.286. The summed E-state index contributed by atoms with van der Waals surface area (Å²) in [6, 6.07) is 2.13. The van der Waals surface area contributed by atoms with E-state index in [1.807, 2.05) is 0 Å². The average molecular weight is 358 g/mol. The highest BCUT2D eigenvalue weighted by atomic mass is 31.2. The number of hydrogen-bond acceptors (Lipinski definition) is 7. The number of aryl methyl sites for hydroxylation is 2. The first-order valence-corrected chi connectivity index (χ1v) is 8.51.